The van der Waals surface area contributed by atoms with Crippen LogP contribution in [0.2, 0.25) is 5.02 Å². The Morgan fingerprint density at radius 2 is 2.07 bits per heavy atom. The molecule has 30 heavy (non-hydrogen) atoms. The zero-order valence-corrected chi connectivity index (χ0v) is 17.3. The Hall–Kier alpha value is -2.67. The van der Waals surface area contributed by atoms with Gasteiger partial charge in [-0.2, -0.15) is 5.10 Å². The number of H-pyrrole nitrogens is 1. The summed E-state index contributed by atoms with van der Waals surface area (Å²) in [4.78, 5) is 15.3. The molecule has 6 rings (SSSR count). The Morgan fingerprint density at radius 1 is 1.23 bits per heavy atom. The molecule has 2 aliphatic carbocycles. The summed E-state index contributed by atoms with van der Waals surface area (Å²) in [6.45, 7) is 1.46. The van der Waals surface area contributed by atoms with E-state index in [2.05, 4.69) is 25.0 Å². The van der Waals surface area contributed by atoms with Gasteiger partial charge in [-0.3, -0.25) is 9.89 Å². The van der Waals surface area contributed by atoms with Gasteiger partial charge < -0.3 is 9.47 Å². The average Bonchev–Trinajstić information content (AvgIpc) is 3.15. The van der Waals surface area contributed by atoms with Crippen molar-refractivity contribution in [2.45, 2.75) is 44.1 Å². The van der Waals surface area contributed by atoms with Gasteiger partial charge in [0.1, 0.15) is 17.8 Å². The second-order valence-corrected chi connectivity index (χ2v) is 9.34. The third-order valence-electron chi connectivity index (χ3n) is 7.10. The van der Waals surface area contributed by atoms with Crippen LogP contribution in [0.15, 0.2) is 36.7 Å². The molecule has 1 atom stereocenters. The highest BCUT2D eigenvalue weighted by Crippen LogP contribution is 2.56. The summed E-state index contributed by atoms with van der Waals surface area (Å²) in [6, 6.07) is 9.88. The maximum atomic E-state index is 13.3. The van der Waals surface area contributed by atoms with Gasteiger partial charge in [-0.05, 0) is 43.2 Å². The second-order valence-electron chi connectivity index (χ2n) is 8.93. The van der Waals surface area contributed by atoms with E-state index in [-0.39, 0.29) is 17.2 Å². The second kappa shape index (κ2) is 6.67. The molecule has 3 aliphatic rings. The standard InChI is InChI=1S/C22H23ClN6O/c23-17-5-2-1-4-15(17)18-10-19(26-25-18)21(30)28-11-16(22(12-28)8-3-9-22)20-27-24-13-29(20)14-6-7-14/h1-2,4-5,10,13-14,16H,3,6-9,11-12H2,(H,25,26). The van der Waals surface area contributed by atoms with E-state index in [0.29, 0.717) is 29.0 Å². The highest BCUT2D eigenvalue weighted by atomic mass is 35.5. The van der Waals surface area contributed by atoms with Gasteiger partial charge in [-0.25, -0.2) is 0 Å². The number of benzene rings is 1. The van der Waals surface area contributed by atoms with Crippen molar-refractivity contribution in [2.75, 3.05) is 13.1 Å². The van der Waals surface area contributed by atoms with Crippen molar-refractivity contribution in [1.29, 1.82) is 0 Å². The van der Waals surface area contributed by atoms with Crippen molar-refractivity contribution in [1.82, 2.24) is 29.9 Å². The van der Waals surface area contributed by atoms with E-state index >= 15 is 0 Å². The van der Waals surface area contributed by atoms with Crippen molar-refractivity contribution in [3.05, 3.63) is 53.2 Å². The largest absolute Gasteiger partial charge is 0.336 e. The number of hydrogen-bond donors (Lipinski definition) is 1. The van der Waals surface area contributed by atoms with Crippen LogP contribution in [-0.4, -0.2) is 48.9 Å². The molecule has 3 heterocycles. The zero-order chi connectivity index (χ0) is 20.3. The molecule has 1 aromatic carbocycles. The molecule has 1 saturated heterocycles. The fraction of sp³-hybridized carbons (Fsp3) is 0.455. The minimum absolute atomic E-state index is 0.00735. The van der Waals surface area contributed by atoms with E-state index in [4.69, 9.17) is 11.6 Å². The van der Waals surface area contributed by atoms with Gasteiger partial charge in [0.05, 0.1) is 10.7 Å². The lowest BCUT2D eigenvalue weighted by Gasteiger charge is -2.42. The lowest BCUT2D eigenvalue weighted by molar-refractivity contribution is 0.0717. The molecule has 2 saturated carbocycles. The number of aromatic nitrogens is 5. The highest BCUT2D eigenvalue weighted by molar-refractivity contribution is 6.33. The SMILES string of the molecule is O=C(c1cc(-c2ccccc2Cl)n[nH]1)N1CC(c2nncn2C2CC2)C2(CCC2)C1. The van der Waals surface area contributed by atoms with Gasteiger partial charge in [0.15, 0.2) is 0 Å². The first-order chi connectivity index (χ1) is 14.6. The molecule has 1 amide bonds. The molecule has 1 N–H and O–H groups in total. The van der Waals surface area contributed by atoms with E-state index < -0.39 is 0 Å². The number of hydrogen-bond acceptors (Lipinski definition) is 4. The molecule has 1 aliphatic heterocycles. The number of carbonyl (C=O) groups excluding carboxylic acids is 1. The van der Waals surface area contributed by atoms with E-state index in [1.54, 1.807) is 6.07 Å². The van der Waals surface area contributed by atoms with Crippen molar-refractivity contribution >= 4 is 17.5 Å². The Morgan fingerprint density at radius 3 is 2.80 bits per heavy atom. The lowest BCUT2D eigenvalue weighted by Crippen LogP contribution is -2.38. The third-order valence-corrected chi connectivity index (χ3v) is 7.42. The van der Waals surface area contributed by atoms with Crippen molar-refractivity contribution in [2.24, 2.45) is 5.41 Å². The van der Waals surface area contributed by atoms with E-state index in [9.17, 15) is 4.79 Å². The molecule has 8 heteroatoms. The van der Waals surface area contributed by atoms with Crippen LogP contribution in [0.25, 0.3) is 11.3 Å². The molecule has 1 unspecified atom stereocenters. The number of amides is 1. The van der Waals surface area contributed by atoms with Crippen LogP contribution in [0.3, 0.4) is 0 Å². The monoisotopic (exact) mass is 422 g/mol. The van der Waals surface area contributed by atoms with Crippen LogP contribution in [0.4, 0.5) is 0 Å². The van der Waals surface area contributed by atoms with Crippen LogP contribution in [0, 0.1) is 5.41 Å². The van der Waals surface area contributed by atoms with E-state index in [0.717, 1.165) is 30.8 Å². The minimum atomic E-state index is -0.00735. The zero-order valence-electron chi connectivity index (χ0n) is 16.6. The molecule has 2 aromatic heterocycles. The topological polar surface area (TPSA) is 79.7 Å². The maximum absolute atomic E-state index is 13.3. The number of nitrogens with one attached hydrogen (secondary N) is 1. The van der Waals surface area contributed by atoms with Gasteiger partial charge in [-0.1, -0.05) is 36.2 Å². The number of aromatic amines is 1. The number of likely N-dealkylation sites (tertiary alicyclic amines) is 1. The van der Waals surface area contributed by atoms with Crippen LogP contribution in [0.5, 0.6) is 0 Å². The van der Waals surface area contributed by atoms with Crippen LogP contribution in [-0.2, 0) is 0 Å². The number of nitrogens with zero attached hydrogens (tertiary/aromatic N) is 5. The summed E-state index contributed by atoms with van der Waals surface area (Å²) >= 11 is 6.30. The average molecular weight is 423 g/mol. The van der Waals surface area contributed by atoms with E-state index in [1.165, 1.54) is 19.3 Å². The first-order valence-electron chi connectivity index (χ1n) is 10.6. The van der Waals surface area contributed by atoms with Gasteiger partial charge in [0, 0.05) is 30.6 Å². The first-order valence-corrected chi connectivity index (χ1v) is 11.0. The predicted octanol–water partition coefficient (Wildman–Crippen LogP) is 4.07. The molecule has 154 valence electrons. The summed E-state index contributed by atoms with van der Waals surface area (Å²) in [5.74, 6) is 1.31. The smallest absolute Gasteiger partial charge is 0.271 e. The van der Waals surface area contributed by atoms with Gasteiger partial charge in [0.2, 0.25) is 0 Å². The number of carbonyl (C=O) groups is 1. The number of rotatable bonds is 4. The quantitative estimate of drug-likeness (QED) is 0.687. The van der Waals surface area contributed by atoms with Gasteiger partial charge >= 0.3 is 0 Å². The van der Waals surface area contributed by atoms with Gasteiger partial charge in [-0.15, -0.1) is 10.2 Å². The summed E-state index contributed by atoms with van der Waals surface area (Å²) in [5, 5.41) is 16.6. The van der Waals surface area contributed by atoms with Crippen LogP contribution in [0.1, 0.15) is 60.4 Å². The predicted molar refractivity (Wildman–Crippen MR) is 112 cm³/mol. The molecule has 0 bridgehead atoms. The Bertz CT molecular complexity index is 1110. The molecular formula is C22H23ClN6O. The van der Waals surface area contributed by atoms with Gasteiger partial charge in [0.25, 0.3) is 5.91 Å². The minimum Gasteiger partial charge on any atom is -0.336 e. The molecule has 0 radical (unpaired) electrons. The van der Waals surface area contributed by atoms with Crippen molar-refractivity contribution < 1.29 is 4.79 Å². The molecule has 7 nitrogen and oxygen atoms in total. The maximum Gasteiger partial charge on any atom is 0.271 e. The molecule has 1 spiro atoms. The summed E-state index contributed by atoms with van der Waals surface area (Å²) < 4.78 is 2.25. The van der Waals surface area contributed by atoms with E-state index in [1.807, 2.05) is 35.5 Å². The molecular weight excluding hydrogens is 400 g/mol. The van der Waals surface area contributed by atoms with Crippen molar-refractivity contribution in [3.8, 4) is 11.3 Å². The highest BCUT2D eigenvalue weighted by Gasteiger charge is 2.54. The Labute approximate surface area is 179 Å². The van der Waals surface area contributed by atoms with Crippen LogP contribution >= 0.6 is 11.6 Å². The fourth-order valence-electron chi connectivity index (χ4n) is 5.16. The summed E-state index contributed by atoms with van der Waals surface area (Å²) in [5.41, 5.74) is 2.15. The third kappa shape index (κ3) is 2.79. The van der Waals surface area contributed by atoms with Crippen LogP contribution < -0.4 is 0 Å². The Kier molecular flexibility index (Phi) is 4.03. The summed E-state index contributed by atoms with van der Waals surface area (Å²) in [6.07, 6.45) is 7.78. The fourth-order valence-corrected chi connectivity index (χ4v) is 5.39. The molecule has 3 fully saturated rings. The first kappa shape index (κ1) is 18.1. The molecule has 3 aromatic rings. The summed E-state index contributed by atoms with van der Waals surface area (Å²) in [7, 11) is 0. The Balaban J connectivity index is 1.27. The normalized spacial score (nSPS) is 22.4. The van der Waals surface area contributed by atoms with Crippen molar-refractivity contribution in [3.63, 3.8) is 0 Å². The lowest BCUT2D eigenvalue weighted by atomic mass is 9.62. The number of halogens is 1.